The molecule has 1 N–H and O–H groups in total. The van der Waals surface area contributed by atoms with Gasteiger partial charge in [-0.15, -0.1) is 0 Å². The molecule has 1 aromatic rings. The van der Waals surface area contributed by atoms with Crippen molar-refractivity contribution < 1.29 is 9.90 Å². The van der Waals surface area contributed by atoms with Gasteiger partial charge in [-0.2, -0.15) is 0 Å². The van der Waals surface area contributed by atoms with Crippen molar-refractivity contribution in [1.29, 1.82) is 0 Å². The Morgan fingerprint density at radius 3 is 2.47 bits per heavy atom. The minimum absolute atomic E-state index is 0.175. The Hall–Kier alpha value is -1.51. The molecule has 1 unspecified atom stereocenters. The second kappa shape index (κ2) is 6.09. The molecule has 1 atom stereocenters. The number of carboxylic acid groups (broad SMARTS) is 1. The van der Waals surface area contributed by atoms with Crippen LogP contribution in [0.25, 0.3) is 0 Å². The first-order valence-electron chi connectivity index (χ1n) is 7.23. The van der Waals surface area contributed by atoms with E-state index in [0.29, 0.717) is 5.92 Å². The molecule has 0 bridgehead atoms. The Balaban J connectivity index is 2.33. The van der Waals surface area contributed by atoms with Gasteiger partial charge in [0, 0.05) is 18.8 Å². The van der Waals surface area contributed by atoms with Gasteiger partial charge in [0.1, 0.15) is 0 Å². The summed E-state index contributed by atoms with van der Waals surface area (Å²) in [4.78, 5) is 13.4. The molecule has 104 valence electrons. The number of aliphatic carboxylic acids is 1. The molecule has 0 aliphatic heterocycles. The Labute approximate surface area is 115 Å². The fourth-order valence-corrected chi connectivity index (χ4v) is 2.87. The maximum Gasteiger partial charge on any atom is 0.303 e. The molecular weight excluding hydrogens is 238 g/mol. The van der Waals surface area contributed by atoms with Crippen LogP contribution in [-0.4, -0.2) is 24.2 Å². The number of rotatable bonds is 7. The third-order valence-electron chi connectivity index (χ3n) is 4.03. The maximum atomic E-state index is 11.1. The number of hydrogen-bond acceptors (Lipinski definition) is 2. The second-order valence-electron chi connectivity index (χ2n) is 5.27. The fraction of sp³-hybridized carbons (Fsp3) is 0.562. The molecule has 1 aliphatic carbocycles. The van der Waals surface area contributed by atoms with Crippen LogP contribution in [0.4, 0.5) is 5.69 Å². The van der Waals surface area contributed by atoms with Gasteiger partial charge in [0.05, 0.1) is 6.42 Å². The smallest absolute Gasteiger partial charge is 0.303 e. The van der Waals surface area contributed by atoms with Crippen molar-refractivity contribution in [3.05, 3.63) is 29.8 Å². The summed E-state index contributed by atoms with van der Waals surface area (Å²) in [5.41, 5.74) is 2.43. The zero-order valence-electron chi connectivity index (χ0n) is 11.8. The lowest BCUT2D eigenvalue weighted by atomic mass is 9.89. The van der Waals surface area contributed by atoms with E-state index in [0.717, 1.165) is 13.1 Å². The molecule has 1 aliphatic rings. The summed E-state index contributed by atoms with van der Waals surface area (Å²) in [6.45, 7) is 6.20. The Morgan fingerprint density at radius 2 is 1.95 bits per heavy atom. The molecule has 0 aromatic heterocycles. The fourth-order valence-electron chi connectivity index (χ4n) is 2.87. The number of hydrogen-bond donors (Lipinski definition) is 1. The van der Waals surface area contributed by atoms with Crippen molar-refractivity contribution in [3.63, 3.8) is 0 Å². The van der Waals surface area contributed by atoms with E-state index < -0.39 is 5.97 Å². The normalized spacial score (nSPS) is 16.1. The van der Waals surface area contributed by atoms with Crippen LogP contribution in [-0.2, 0) is 4.79 Å². The highest BCUT2D eigenvalue weighted by molar-refractivity contribution is 5.69. The lowest BCUT2D eigenvalue weighted by Gasteiger charge is -2.27. The van der Waals surface area contributed by atoms with Crippen LogP contribution in [0.15, 0.2) is 24.3 Å². The quantitative estimate of drug-likeness (QED) is 0.816. The van der Waals surface area contributed by atoms with Crippen LogP contribution in [0, 0.1) is 5.92 Å². The van der Waals surface area contributed by atoms with Gasteiger partial charge >= 0.3 is 5.97 Å². The Kier molecular flexibility index (Phi) is 4.46. The van der Waals surface area contributed by atoms with E-state index >= 15 is 0 Å². The van der Waals surface area contributed by atoms with Gasteiger partial charge in [-0.1, -0.05) is 18.2 Å². The van der Waals surface area contributed by atoms with Crippen molar-refractivity contribution >= 4 is 11.7 Å². The van der Waals surface area contributed by atoms with Gasteiger partial charge in [0.25, 0.3) is 0 Å². The van der Waals surface area contributed by atoms with E-state index in [1.807, 2.05) is 12.1 Å². The molecule has 0 spiro atoms. The SMILES string of the molecule is CCN(CC)c1ccccc1C(CC(=O)O)C1CC1. The zero-order chi connectivity index (χ0) is 13.8. The van der Waals surface area contributed by atoms with E-state index in [-0.39, 0.29) is 12.3 Å². The van der Waals surface area contributed by atoms with Gasteiger partial charge in [0.2, 0.25) is 0 Å². The molecule has 0 radical (unpaired) electrons. The third-order valence-corrected chi connectivity index (χ3v) is 4.03. The average Bonchev–Trinajstić information content (AvgIpc) is 3.22. The first-order chi connectivity index (χ1) is 9.17. The van der Waals surface area contributed by atoms with Crippen LogP contribution < -0.4 is 4.90 Å². The number of nitrogens with zero attached hydrogens (tertiary/aromatic N) is 1. The Morgan fingerprint density at radius 1 is 1.32 bits per heavy atom. The van der Waals surface area contributed by atoms with Gasteiger partial charge in [0.15, 0.2) is 0 Å². The molecule has 0 saturated heterocycles. The van der Waals surface area contributed by atoms with Crippen molar-refractivity contribution in [2.75, 3.05) is 18.0 Å². The number of para-hydroxylation sites is 1. The summed E-state index contributed by atoms with van der Waals surface area (Å²) >= 11 is 0. The molecule has 3 heteroatoms. The van der Waals surface area contributed by atoms with E-state index in [2.05, 4.69) is 30.9 Å². The first kappa shape index (κ1) is 13.9. The molecule has 3 nitrogen and oxygen atoms in total. The van der Waals surface area contributed by atoms with Crippen LogP contribution in [0.3, 0.4) is 0 Å². The lowest BCUT2D eigenvalue weighted by molar-refractivity contribution is -0.137. The van der Waals surface area contributed by atoms with Crippen LogP contribution in [0.1, 0.15) is 44.6 Å². The summed E-state index contributed by atoms with van der Waals surface area (Å²) < 4.78 is 0. The highest BCUT2D eigenvalue weighted by Crippen LogP contribution is 2.46. The van der Waals surface area contributed by atoms with Crippen LogP contribution >= 0.6 is 0 Å². The zero-order valence-corrected chi connectivity index (χ0v) is 11.8. The van der Waals surface area contributed by atoms with Crippen LogP contribution in [0.2, 0.25) is 0 Å². The highest BCUT2D eigenvalue weighted by Gasteiger charge is 2.35. The first-order valence-corrected chi connectivity index (χ1v) is 7.23. The van der Waals surface area contributed by atoms with Crippen molar-refractivity contribution in [3.8, 4) is 0 Å². The molecule has 19 heavy (non-hydrogen) atoms. The number of benzene rings is 1. The predicted molar refractivity (Wildman–Crippen MR) is 77.7 cm³/mol. The van der Waals surface area contributed by atoms with E-state index in [4.69, 9.17) is 5.11 Å². The third kappa shape index (κ3) is 3.28. The average molecular weight is 261 g/mol. The van der Waals surface area contributed by atoms with E-state index in [1.165, 1.54) is 24.1 Å². The molecule has 0 heterocycles. The lowest BCUT2D eigenvalue weighted by Crippen LogP contribution is -2.24. The number of carbonyl (C=O) groups is 1. The van der Waals surface area contributed by atoms with Crippen LogP contribution in [0.5, 0.6) is 0 Å². The summed E-state index contributed by atoms with van der Waals surface area (Å²) in [7, 11) is 0. The molecule has 1 aromatic carbocycles. The minimum atomic E-state index is -0.689. The monoisotopic (exact) mass is 261 g/mol. The number of carboxylic acids is 1. The summed E-state index contributed by atoms with van der Waals surface area (Å²) in [6.07, 6.45) is 2.60. The van der Waals surface area contributed by atoms with Gasteiger partial charge in [-0.25, -0.2) is 0 Å². The molecule has 2 rings (SSSR count). The Bertz CT molecular complexity index is 436. The molecular formula is C16H23NO2. The molecule has 1 saturated carbocycles. The van der Waals surface area contributed by atoms with Crippen molar-refractivity contribution in [1.82, 2.24) is 0 Å². The number of anilines is 1. The highest BCUT2D eigenvalue weighted by atomic mass is 16.4. The topological polar surface area (TPSA) is 40.5 Å². The summed E-state index contributed by atoms with van der Waals surface area (Å²) in [6, 6.07) is 8.31. The standard InChI is InChI=1S/C16H23NO2/c1-3-17(4-2)15-8-6-5-7-13(15)14(11-16(18)19)12-9-10-12/h5-8,12,14H,3-4,9-11H2,1-2H3,(H,18,19). The van der Waals surface area contributed by atoms with Gasteiger partial charge in [-0.3, -0.25) is 4.79 Å². The minimum Gasteiger partial charge on any atom is -0.481 e. The summed E-state index contributed by atoms with van der Waals surface area (Å²) in [5, 5.41) is 9.15. The summed E-state index contributed by atoms with van der Waals surface area (Å²) in [5.74, 6) is 0.0494. The largest absolute Gasteiger partial charge is 0.481 e. The van der Waals surface area contributed by atoms with Gasteiger partial charge in [-0.05, 0) is 50.2 Å². The van der Waals surface area contributed by atoms with Crippen molar-refractivity contribution in [2.24, 2.45) is 5.92 Å². The maximum absolute atomic E-state index is 11.1. The van der Waals surface area contributed by atoms with Gasteiger partial charge < -0.3 is 10.0 Å². The molecule has 0 amide bonds. The van der Waals surface area contributed by atoms with Crippen molar-refractivity contribution in [2.45, 2.75) is 39.0 Å². The van der Waals surface area contributed by atoms with E-state index in [9.17, 15) is 4.79 Å². The second-order valence-corrected chi connectivity index (χ2v) is 5.27. The van der Waals surface area contributed by atoms with E-state index in [1.54, 1.807) is 0 Å². The predicted octanol–water partition coefficient (Wildman–Crippen LogP) is 3.50. The molecule has 1 fully saturated rings.